The molecule has 1 fully saturated rings. The van der Waals surface area contributed by atoms with Gasteiger partial charge in [0.15, 0.2) is 0 Å². The van der Waals surface area contributed by atoms with Crippen LogP contribution >= 0.6 is 0 Å². The third kappa shape index (κ3) is 3.18. The van der Waals surface area contributed by atoms with Crippen LogP contribution in [-0.2, 0) is 16.0 Å². The summed E-state index contributed by atoms with van der Waals surface area (Å²) in [4.78, 5) is 37.9. The van der Waals surface area contributed by atoms with Gasteiger partial charge < -0.3 is 15.3 Å². The van der Waals surface area contributed by atoms with Crippen LogP contribution in [0.15, 0.2) is 48.5 Å². The van der Waals surface area contributed by atoms with Gasteiger partial charge in [-0.1, -0.05) is 18.2 Å². The monoisotopic (exact) mass is 364 g/mol. The van der Waals surface area contributed by atoms with Crippen molar-refractivity contribution >= 4 is 29.2 Å². The number of carboxylic acid groups (broad SMARTS) is 1. The predicted molar refractivity (Wildman–Crippen MR) is 101 cm³/mol. The van der Waals surface area contributed by atoms with Crippen molar-refractivity contribution in [2.45, 2.75) is 19.3 Å². The molecule has 0 bridgehead atoms. The number of hydrogen-bond acceptors (Lipinski definition) is 3. The lowest BCUT2D eigenvalue weighted by molar-refractivity contribution is -0.151. The van der Waals surface area contributed by atoms with E-state index in [4.69, 9.17) is 5.11 Å². The van der Waals surface area contributed by atoms with Gasteiger partial charge in [-0.15, -0.1) is 0 Å². The number of nitrogens with one attached hydrogen (secondary N) is 1. The fourth-order valence-electron chi connectivity index (χ4n) is 3.75. The molecule has 2 N–H and O–H groups in total. The van der Waals surface area contributed by atoms with Gasteiger partial charge in [0, 0.05) is 23.5 Å². The summed E-state index contributed by atoms with van der Waals surface area (Å²) < 4.78 is 0. The van der Waals surface area contributed by atoms with Crippen LogP contribution in [0.2, 0.25) is 0 Å². The van der Waals surface area contributed by atoms with Gasteiger partial charge in [-0.3, -0.25) is 14.4 Å². The molecular formula is C21H20N2O4. The molecule has 2 atom stereocenters. The quantitative estimate of drug-likeness (QED) is 0.873. The summed E-state index contributed by atoms with van der Waals surface area (Å²) in [6, 6.07) is 14.6. The Morgan fingerprint density at radius 2 is 1.67 bits per heavy atom. The van der Waals surface area contributed by atoms with Gasteiger partial charge >= 0.3 is 5.97 Å². The van der Waals surface area contributed by atoms with E-state index in [-0.39, 0.29) is 11.8 Å². The fourth-order valence-corrected chi connectivity index (χ4v) is 3.75. The lowest BCUT2D eigenvalue weighted by Gasteiger charge is -2.31. The normalized spacial score (nSPS) is 20.5. The zero-order valence-corrected chi connectivity index (χ0v) is 14.7. The lowest BCUT2D eigenvalue weighted by atomic mass is 9.73. The maximum Gasteiger partial charge on any atom is 0.307 e. The van der Waals surface area contributed by atoms with E-state index in [1.165, 1.54) is 5.56 Å². The van der Waals surface area contributed by atoms with Crippen LogP contribution in [0.5, 0.6) is 0 Å². The first-order valence-electron chi connectivity index (χ1n) is 9.08. The smallest absolute Gasteiger partial charge is 0.307 e. The van der Waals surface area contributed by atoms with Crippen molar-refractivity contribution in [3.63, 3.8) is 0 Å². The van der Waals surface area contributed by atoms with Crippen molar-refractivity contribution in [1.29, 1.82) is 0 Å². The highest BCUT2D eigenvalue weighted by Gasteiger charge is 2.41. The fraction of sp³-hybridized carbons (Fsp3) is 0.286. The van der Waals surface area contributed by atoms with Crippen molar-refractivity contribution in [1.82, 2.24) is 0 Å². The summed E-state index contributed by atoms with van der Waals surface area (Å²) in [6.45, 7) is 0.662. The Morgan fingerprint density at radius 1 is 0.963 bits per heavy atom. The van der Waals surface area contributed by atoms with Crippen LogP contribution < -0.4 is 10.2 Å². The number of benzene rings is 2. The number of carbonyl (C=O) groups is 3. The summed E-state index contributed by atoms with van der Waals surface area (Å²) in [6.07, 6.45) is 1.98. The zero-order chi connectivity index (χ0) is 19.0. The molecule has 1 heterocycles. The molecule has 0 saturated heterocycles. The zero-order valence-electron chi connectivity index (χ0n) is 14.7. The van der Waals surface area contributed by atoms with E-state index in [0.29, 0.717) is 30.6 Å². The van der Waals surface area contributed by atoms with E-state index in [0.717, 1.165) is 12.1 Å². The van der Waals surface area contributed by atoms with Gasteiger partial charge in [0.25, 0.3) is 5.91 Å². The summed E-state index contributed by atoms with van der Waals surface area (Å²) >= 11 is 0. The van der Waals surface area contributed by atoms with Gasteiger partial charge in [0.1, 0.15) is 0 Å². The molecule has 4 rings (SSSR count). The SMILES string of the molecule is O=C(O)C1CCC1C(=O)Nc1ccc(C(=O)N2CCc3ccccc32)cc1. The highest BCUT2D eigenvalue weighted by molar-refractivity contribution is 6.07. The Balaban J connectivity index is 1.43. The molecule has 1 saturated carbocycles. The Hall–Kier alpha value is -3.15. The molecule has 1 aliphatic heterocycles. The topological polar surface area (TPSA) is 86.7 Å². The molecule has 6 nitrogen and oxygen atoms in total. The summed E-state index contributed by atoms with van der Waals surface area (Å²) in [7, 11) is 0. The van der Waals surface area contributed by atoms with Crippen LogP contribution in [0, 0.1) is 11.8 Å². The molecule has 6 heteroatoms. The van der Waals surface area contributed by atoms with Gasteiger partial charge in [-0.25, -0.2) is 0 Å². The predicted octanol–water partition coefficient (Wildman–Crippen LogP) is 2.94. The number of hydrogen-bond donors (Lipinski definition) is 2. The van der Waals surface area contributed by atoms with E-state index in [2.05, 4.69) is 5.32 Å². The molecule has 2 unspecified atom stereocenters. The highest BCUT2D eigenvalue weighted by Crippen LogP contribution is 2.35. The highest BCUT2D eigenvalue weighted by atomic mass is 16.4. The first-order chi connectivity index (χ1) is 13.0. The van der Waals surface area contributed by atoms with Crippen molar-refractivity contribution in [2.24, 2.45) is 11.8 Å². The average molecular weight is 364 g/mol. The molecule has 2 aromatic rings. The number of para-hydroxylation sites is 1. The molecule has 0 spiro atoms. The minimum Gasteiger partial charge on any atom is -0.481 e. The van der Waals surface area contributed by atoms with Crippen molar-refractivity contribution in [3.05, 3.63) is 59.7 Å². The minimum absolute atomic E-state index is 0.0669. The van der Waals surface area contributed by atoms with Crippen molar-refractivity contribution in [2.75, 3.05) is 16.8 Å². The Bertz CT molecular complexity index is 907. The number of anilines is 2. The first kappa shape index (κ1) is 17.3. The molecule has 0 aromatic heterocycles. The molecule has 138 valence electrons. The maximum absolute atomic E-state index is 12.8. The Kier molecular flexibility index (Phi) is 4.39. The van der Waals surface area contributed by atoms with Crippen LogP contribution in [0.1, 0.15) is 28.8 Å². The largest absolute Gasteiger partial charge is 0.481 e. The molecule has 27 heavy (non-hydrogen) atoms. The second kappa shape index (κ2) is 6.87. The van der Waals surface area contributed by atoms with Crippen LogP contribution in [0.4, 0.5) is 11.4 Å². The number of rotatable bonds is 4. The van der Waals surface area contributed by atoms with Crippen LogP contribution in [0.3, 0.4) is 0 Å². The summed E-state index contributed by atoms with van der Waals surface area (Å²) in [5.41, 5.74) is 3.24. The van der Waals surface area contributed by atoms with Gasteiger partial charge in [-0.2, -0.15) is 0 Å². The van der Waals surface area contributed by atoms with E-state index >= 15 is 0 Å². The molecule has 0 radical (unpaired) electrons. The molecule has 2 aromatic carbocycles. The molecule has 2 aliphatic rings. The molecule has 2 amide bonds. The Morgan fingerprint density at radius 3 is 2.33 bits per heavy atom. The lowest BCUT2D eigenvalue weighted by Crippen LogP contribution is -2.41. The number of amides is 2. The number of carboxylic acids is 1. The third-order valence-corrected chi connectivity index (χ3v) is 5.46. The van der Waals surface area contributed by atoms with Crippen molar-refractivity contribution in [3.8, 4) is 0 Å². The maximum atomic E-state index is 12.8. The minimum atomic E-state index is -0.923. The number of fused-ring (bicyclic) bond motifs is 1. The number of aliphatic carboxylic acids is 1. The summed E-state index contributed by atoms with van der Waals surface area (Å²) in [5.74, 6) is -2.34. The average Bonchev–Trinajstić information content (AvgIpc) is 3.04. The van der Waals surface area contributed by atoms with E-state index in [1.54, 1.807) is 29.2 Å². The van der Waals surface area contributed by atoms with Gasteiger partial charge in [0.05, 0.1) is 11.8 Å². The second-order valence-electron chi connectivity index (χ2n) is 7.03. The Labute approximate surface area is 156 Å². The number of carbonyl (C=O) groups excluding carboxylic acids is 2. The van der Waals surface area contributed by atoms with Crippen LogP contribution in [0.25, 0.3) is 0 Å². The van der Waals surface area contributed by atoms with E-state index in [1.807, 2.05) is 24.3 Å². The van der Waals surface area contributed by atoms with Crippen LogP contribution in [-0.4, -0.2) is 29.4 Å². The molecule has 1 aliphatic carbocycles. The van der Waals surface area contributed by atoms with E-state index < -0.39 is 17.8 Å². The van der Waals surface area contributed by atoms with Gasteiger partial charge in [-0.05, 0) is 55.2 Å². The standard InChI is InChI=1S/C21H20N2O4/c24-19(16-9-10-17(16)21(26)27)22-15-7-5-14(6-8-15)20(25)23-12-11-13-3-1-2-4-18(13)23/h1-8,16-17H,9-12H2,(H,22,24)(H,26,27). The van der Waals surface area contributed by atoms with E-state index in [9.17, 15) is 14.4 Å². The first-order valence-corrected chi connectivity index (χ1v) is 9.08. The second-order valence-corrected chi connectivity index (χ2v) is 7.03. The third-order valence-electron chi connectivity index (χ3n) is 5.46. The summed E-state index contributed by atoms with van der Waals surface area (Å²) in [5, 5.41) is 11.8. The van der Waals surface area contributed by atoms with Gasteiger partial charge in [0.2, 0.25) is 5.91 Å². The number of nitrogens with zero attached hydrogens (tertiary/aromatic N) is 1. The van der Waals surface area contributed by atoms with Crippen molar-refractivity contribution < 1.29 is 19.5 Å². The molecular weight excluding hydrogens is 344 g/mol.